The minimum absolute atomic E-state index is 0. The van der Waals surface area contributed by atoms with Crippen molar-refractivity contribution in [1.82, 2.24) is 9.80 Å². The predicted octanol–water partition coefficient (Wildman–Crippen LogP) is -2.21. The molecular formula is C32H31N2NaO12. The Morgan fingerprint density at radius 3 is 1.60 bits per heavy atom. The molecule has 0 aliphatic carbocycles. The number of phenolic OH excluding ortho intramolecular Hbond substituents is 2. The Bertz CT molecular complexity index is 1620. The van der Waals surface area contributed by atoms with Crippen LogP contribution in [0.2, 0.25) is 0 Å². The number of carbonyl (C=O) groups is 5. The van der Waals surface area contributed by atoms with Crippen LogP contribution >= 0.6 is 0 Å². The fourth-order valence-electron chi connectivity index (χ4n) is 5.74. The van der Waals surface area contributed by atoms with Crippen LogP contribution in [0.5, 0.6) is 11.5 Å². The number of benzene rings is 3. The number of carboxylic acid groups (broad SMARTS) is 4. The maximum Gasteiger partial charge on any atom is 1.00 e. The molecule has 0 saturated heterocycles. The first-order valence-corrected chi connectivity index (χ1v) is 13.9. The summed E-state index contributed by atoms with van der Waals surface area (Å²) in [5.74, 6) is -6.58. The monoisotopic (exact) mass is 658 g/mol. The molecule has 14 nitrogen and oxygen atoms in total. The van der Waals surface area contributed by atoms with Gasteiger partial charge in [0.2, 0.25) is 0 Å². The third-order valence-electron chi connectivity index (χ3n) is 7.56. The summed E-state index contributed by atoms with van der Waals surface area (Å²) in [5.41, 5.74) is 0.346. The van der Waals surface area contributed by atoms with Gasteiger partial charge >= 0.3 is 53.4 Å². The second kappa shape index (κ2) is 15.0. The Kier molecular flexibility index (Phi) is 11.8. The van der Waals surface area contributed by atoms with Crippen LogP contribution in [0.3, 0.4) is 0 Å². The first-order chi connectivity index (χ1) is 21.6. The molecule has 0 amide bonds. The van der Waals surface area contributed by atoms with Crippen molar-refractivity contribution in [2.24, 2.45) is 0 Å². The van der Waals surface area contributed by atoms with Gasteiger partial charge < -0.3 is 40.2 Å². The Morgan fingerprint density at radius 1 is 0.745 bits per heavy atom. The molecule has 1 aliphatic rings. The normalized spacial score (nSPS) is 15.2. The van der Waals surface area contributed by atoms with Crippen molar-refractivity contribution in [3.05, 3.63) is 93.0 Å². The van der Waals surface area contributed by atoms with Gasteiger partial charge in [0.25, 0.3) is 0 Å². The number of hydrogen-bond donors (Lipinski definition) is 5. The molecule has 3 aromatic carbocycles. The van der Waals surface area contributed by atoms with Gasteiger partial charge in [0.05, 0.1) is 31.2 Å². The number of carboxylic acids is 4. The quantitative estimate of drug-likeness (QED) is 0.0915. The minimum atomic E-state index is -1.72. The summed E-state index contributed by atoms with van der Waals surface area (Å²) in [4.78, 5) is 61.2. The van der Waals surface area contributed by atoms with Gasteiger partial charge in [-0.3, -0.25) is 24.2 Å². The van der Waals surface area contributed by atoms with Crippen molar-refractivity contribution < 1.29 is 88.9 Å². The average molecular weight is 659 g/mol. The molecule has 1 unspecified atom stereocenters. The van der Waals surface area contributed by atoms with E-state index in [1.807, 2.05) is 0 Å². The van der Waals surface area contributed by atoms with E-state index >= 15 is 0 Å². The number of phenols is 2. The van der Waals surface area contributed by atoms with Crippen molar-refractivity contribution in [2.45, 2.75) is 32.5 Å². The Hall–Kier alpha value is -4.47. The maximum absolute atomic E-state index is 13.3. The Labute approximate surface area is 290 Å². The SMILES string of the molecule is Cc1cc(C2(c3cc(C)c(O)c(CN(CC(=O)O)CC(=O)O)c3)OC(=O)c3ccccc32)cc(CN(CC(=O)[O-])CC(=O)O)c1O.[Na+]. The number of rotatable bonds is 14. The molecule has 0 bridgehead atoms. The van der Waals surface area contributed by atoms with Crippen LogP contribution in [-0.4, -0.2) is 91.4 Å². The summed E-state index contributed by atoms with van der Waals surface area (Å²) < 4.78 is 6.14. The van der Waals surface area contributed by atoms with Crippen molar-refractivity contribution in [3.8, 4) is 11.5 Å². The molecule has 242 valence electrons. The molecule has 0 fully saturated rings. The number of aromatic hydroxyl groups is 2. The summed E-state index contributed by atoms with van der Waals surface area (Å²) in [5, 5.41) is 61.3. The topological polar surface area (TPSA) is 225 Å². The van der Waals surface area contributed by atoms with Gasteiger partial charge in [0.15, 0.2) is 5.60 Å². The molecule has 0 aromatic heterocycles. The molecule has 0 saturated carbocycles. The van der Waals surface area contributed by atoms with Gasteiger partial charge in [-0.15, -0.1) is 0 Å². The molecule has 15 heteroatoms. The van der Waals surface area contributed by atoms with E-state index in [4.69, 9.17) is 4.74 Å². The first-order valence-electron chi connectivity index (χ1n) is 13.9. The van der Waals surface area contributed by atoms with Crippen LogP contribution in [0, 0.1) is 13.8 Å². The fourth-order valence-corrected chi connectivity index (χ4v) is 5.74. The summed E-state index contributed by atoms with van der Waals surface area (Å²) in [6.07, 6.45) is 0. The van der Waals surface area contributed by atoms with Crippen molar-refractivity contribution in [2.75, 3.05) is 26.2 Å². The van der Waals surface area contributed by atoms with Gasteiger partial charge in [-0.05, 0) is 55.3 Å². The summed E-state index contributed by atoms with van der Waals surface area (Å²) in [6.45, 7) is -0.208. The molecule has 5 N–H and O–H groups in total. The number of fused-ring (bicyclic) bond motifs is 1. The van der Waals surface area contributed by atoms with Gasteiger partial charge in [0, 0.05) is 47.5 Å². The Balaban J connectivity index is 0.00000600. The molecule has 1 atom stereocenters. The van der Waals surface area contributed by atoms with Gasteiger partial charge in [-0.1, -0.05) is 18.2 Å². The van der Waals surface area contributed by atoms with Crippen molar-refractivity contribution in [1.29, 1.82) is 0 Å². The molecule has 47 heavy (non-hydrogen) atoms. The smallest absolute Gasteiger partial charge is 0.549 e. The van der Waals surface area contributed by atoms with Crippen LogP contribution in [0.15, 0.2) is 48.5 Å². The molecule has 4 rings (SSSR count). The molecular weight excluding hydrogens is 627 g/mol. The zero-order valence-corrected chi connectivity index (χ0v) is 27.8. The number of esters is 1. The fraction of sp³-hybridized carbons (Fsp3) is 0.281. The number of nitrogens with zero attached hydrogens (tertiary/aromatic N) is 2. The van der Waals surface area contributed by atoms with E-state index in [1.54, 1.807) is 50.2 Å². The van der Waals surface area contributed by atoms with Crippen LogP contribution < -0.4 is 34.7 Å². The third kappa shape index (κ3) is 8.10. The number of aliphatic carboxylic acids is 4. The minimum Gasteiger partial charge on any atom is -0.549 e. The zero-order valence-electron chi connectivity index (χ0n) is 25.8. The number of ether oxygens (including phenoxy) is 1. The van der Waals surface area contributed by atoms with E-state index in [0.717, 1.165) is 9.80 Å². The van der Waals surface area contributed by atoms with Crippen LogP contribution in [0.25, 0.3) is 0 Å². The average Bonchev–Trinajstić information content (AvgIpc) is 3.25. The molecule has 1 aliphatic heterocycles. The maximum atomic E-state index is 13.3. The molecule has 0 spiro atoms. The largest absolute Gasteiger partial charge is 1.00 e. The zero-order chi connectivity index (χ0) is 33.9. The predicted molar refractivity (Wildman–Crippen MR) is 156 cm³/mol. The van der Waals surface area contributed by atoms with Gasteiger partial charge in [-0.2, -0.15) is 0 Å². The second-order valence-corrected chi connectivity index (χ2v) is 11.1. The van der Waals surface area contributed by atoms with Crippen molar-refractivity contribution in [3.63, 3.8) is 0 Å². The standard InChI is InChI=1S/C32H32N2O12.Na/c1-17-7-21(9-19(29(17)43)11-33(13-25(35)36)14-26(37)38)32(24-6-4-3-5-23(24)31(45)46-32)22-8-18(2)30(44)20(10-22)12-34(15-27(39)40)16-28(41)42;/h3-10,43-44H,11-16H2,1-2H3,(H,35,36)(H,37,38)(H,39,40)(H,41,42);/q;+1/p-1. The van der Waals surface area contributed by atoms with E-state index in [9.17, 15) is 54.6 Å². The Morgan fingerprint density at radius 2 is 1.17 bits per heavy atom. The number of cyclic esters (lactones) is 1. The van der Waals surface area contributed by atoms with Gasteiger partial charge in [0.1, 0.15) is 11.5 Å². The molecule has 0 radical (unpaired) electrons. The number of aryl methyl sites for hydroxylation is 2. The van der Waals surface area contributed by atoms with E-state index < -0.39 is 61.6 Å². The number of hydrogen-bond acceptors (Lipinski definition) is 11. The summed E-state index contributed by atoms with van der Waals surface area (Å²) >= 11 is 0. The van der Waals surface area contributed by atoms with Crippen molar-refractivity contribution >= 4 is 29.8 Å². The van der Waals surface area contributed by atoms with E-state index in [-0.39, 0.29) is 70.8 Å². The van der Waals surface area contributed by atoms with Crippen LogP contribution in [0.1, 0.15) is 49.3 Å². The number of carbonyl (C=O) groups excluding carboxylic acids is 2. The third-order valence-corrected chi connectivity index (χ3v) is 7.56. The van der Waals surface area contributed by atoms with Crippen LogP contribution in [-0.2, 0) is 42.6 Å². The second-order valence-electron chi connectivity index (χ2n) is 11.1. The van der Waals surface area contributed by atoms with E-state index in [0.29, 0.717) is 27.8 Å². The first kappa shape index (κ1) is 37.0. The van der Waals surface area contributed by atoms with Gasteiger partial charge in [-0.25, -0.2) is 4.79 Å². The molecule has 3 aromatic rings. The summed E-state index contributed by atoms with van der Waals surface area (Å²) in [6, 6.07) is 12.6. The van der Waals surface area contributed by atoms with E-state index in [1.165, 1.54) is 12.1 Å². The molecule has 1 heterocycles. The van der Waals surface area contributed by atoms with Crippen LogP contribution in [0.4, 0.5) is 0 Å². The van der Waals surface area contributed by atoms with E-state index in [2.05, 4.69) is 0 Å². The summed E-state index contributed by atoms with van der Waals surface area (Å²) in [7, 11) is 0.